The Balaban J connectivity index is 1.35. The maximum atomic E-state index is 11.7. The molecule has 0 aromatic heterocycles. The Hall–Kier alpha value is -2.44. The van der Waals surface area contributed by atoms with E-state index in [1.807, 2.05) is 32.0 Å². The summed E-state index contributed by atoms with van der Waals surface area (Å²) in [5.41, 5.74) is 0.917. The quantitative estimate of drug-likeness (QED) is 0.650. The zero-order chi connectivity index (χ0) is 17.9. The molecule has 0 bridgehead atoms. The maximum absolute atomic E-state index is 11.7. The molecule has 3 N–H and O–H groups in total. The van der Waals surface area contributed by atoms with Gasteiger partial charge in [0, 0.05) is 18.0 Å². The highest BCUT2D eigenvalue weighted by Crippen LogP contribution is 2.41. The molecule has 25 heavy (non-hydrogen) atoms. The Kier molecular flexibility index (Phi) is 5.01. The van der Waals surface area contributed by atoms with Gasteiger partial charge in [-0.15, -0.1) is 0 Å². The summed E-state index contributed by atoms with van der Waals surface area (Å²) in [6, 6.07) is 5.83. The SMILES string of the molecule is CC1(C)Cc2cccc(OCCNC(=O)CNC(=O)NC3CC3)c2O1. The van der Waals surface area contributed by atoms with Gasteiger partial charge in [0.15, 0.2) is 11.5 Å². The molecule has 7 heteroatoms. The number of hydrogen-bond donors (Lipinski definition) is 3. The Morgan fingerprint density at radius 3 is 2.84 bits per heavy atom. The second kappa shape index (κ2) is 7.21. The second-order valence-electron chi connectivity index (χ2n) is 7.08. The fourth-order valence-corrected chi connectivity index (χ4v) is 2.74. The highest BCUT2D eigenvalue weighted by molar-refractivity contribution is 5.84. The lowest BCUT2D eigenvalue weighted by atomic mass is 10.0. The fourth-order valence-electron chi connectivity index (χ4n) is 2.74. The van der Waals surface area contributed by atoms with E-state index < -0.39 is 0 Å². The first-order valence-electron chi connectivity index (χ1n) is 8.68. The third-order valence-electron chi connectivity index (χ3n) is 4.06. The van der Waals surface area contributed by atoms with Crippen molar-refractivity contribution in [2.24, 2.45) is 0 Å². The molecule has 3 rings (SSSR count). The number of ether oxygens (including phenoxy) is 2. The molecule has 1 aromatic carbocycles. The summed E-state index contributed by atoms with van der Waals surface area (Å²) in [5.74, 6) is 1.24. The van der Waals surface area contributed by atoms with Gasteiger partial charge in [-0.3, -0.25) is 4.79 Å². The second-order valence-corrected chi connectivity index (χ2v) is 7.08. The van der Waals surface area contributed by atoms with Crippen molar-refractivity contribution in [2.45, 2.75) is 44.8 Å². The van der Waals surface area contributed by atoms with Crippen molar-refractivity contribution in [3.05, 3.63) is 23.8 Å². The van der Waals surface area contributed by atoms with Gasteiger partial charge in [-0.25, -0.2) is 4.79 Å². The summed E-state index contributed by atoms with van der Waals surface area (Å²) in [5, 5.41) is 8.01. The van der Waals surface area contributed by atoms with Crippen LogP contribution in [0.25, 0.3) is 0 Å². The summed E-state index contributed by atoms with van der Waals surface area (Å²) in [6.07, 6.45) is 2.88. The minimum atomic E-state index is -0.298. The van der Waals surface area contributed by atoms with E-state index in [1.54, 1.807) is 0 Å². The van der Waals surface area contributed by atoms with Gasteiger partial charge in [0.1, 0.15) is 12.2 Å². The Morgan fingerprint density at radius 2 is 2.08 bits per heavy atom. The molecule has 2 aliphatic rings. The van der Waals surface area contributed by atoms with Gasteiger partial charge in [-0.2, -0.15) is 0 Å². The van der Waals surface area contributed by atoms with Crippen LogP contribution in [-0.2, 0) is 11.2 Å². The number of benzene rings is 1. The van der Waals surface area contributed by atoms with Crippen LogP contribution in [0.1, 0.15) is 32.3 Å². The largest absolute Gasteiger partial charge is 0.488 e. The highest BCUT2D eigenvalue weighted by Gasteiger charge is 2.32. The van der Waals surface area contributed by atoms with Crippen LogP contribution in [0, 0.1) is 0 Å². The summed E-state index contributed by atoms with van der Waals surface area (Å²) in [6.45, 7) is 4.74. The molecule has 0 atom stereocenters. The van der Waals surface area contributed by atoms with Crippen molar-refractivity contribution < 1.29 is 19.1 Å². The van der Waals surface area contributed by atoms with E-state index in [9.17, 15) is 9.59 Å². The monoisotopic (exact) mass is 347 g/mol. The first-order chi connectivity index (χ1) is 11.9. The maximum Gasteiger partial charge on any atom is 0.315 e. The van der Waals surface area contributed by atoms with Crippen LogP contribution in [0.2, 0.25) is 0 Å². The third-order valence-corrected chi connectivity index (χ3v) is 4.06. The van der Waals surface area contributed by atoms with Crippen LogP contribution >= 0.6 is 0 Å². The molecule has 3 amide bonds. The topological polar surface area (TPSA) is 88.7 Å². The molecule has 136 valence electrons. The molecule has 1 aliphatic heterocycles. The van der Waals surface area contributed by atoms with Crippen molar-refractivity contribution in [1.29, 1.82) is 0 Å². The minimum absolute atomic E-state index is 0.0451. The van der Waals surface area contributed by atoms with Crippen molar-refractivity contribution in [2.75, 3.05) is 19.7 Å². The van der Waals surface area contributed by atoms with Gasteiger partial charge >= 0.3 is 6.03 Å². The number of rotatable bonds is 7. The summed E-state index contributed by atoms with van der Waals surface area (Å²) in [4.78, 5) is 23.1. The van der Waals surface area contributed by atoms with Gasteiger partial charge in [-0.05, 0) is 32.8 Å². The van der Waals surface area contributed by atoms with Crippen LogP contribution < -0.4 is 25.4 Å². The molecule has 1 saturated carbocycles. The van der Waals surface area contributed by atoms with E-state index in [1.165, 1.54) is 0 Å². The lowest BCUT2D eigenvalue weighted by molar-refractivity contribution is -0.120. The van der Waals surface area contributed by atoms with Gasteiger partial charge in [0.25, 0.3) is 0 Å². The smallest absolute Gasteiger partial charge is 0.315 e. The number of fused-ring (bicyclic) bond motifs is 1. The van der Waals surface area contributed by atoms with Gasteiger partial charge < -0.3 is 25.4 Å². The van der Waals surface area contributed by atoms with E-state index in [0.29, 0.717) is 18.9 Å². The highest BCUT2D eigenvalue weighted by atomic mass is 16.5. The summed E-state index contributed by atoms with van der Waals surface area (Å²) < 4.78 is 11.7. The zero-order valence-corrected chi connectivity index (χ0v) is 14.7. The molecule has 0 radical (unpaired) electrons. The van der Waals surface area contributed by atoms with Crippen LogP contribution in [0.3, 0.4) is 0 Å². The van der Waals surface area contributed by atoms with E-state index in [-0.39, 0.29) is 30.1 Å². The molecule has 0 saturated heterocycles. The normalized spacial score (nSPS) is 17.2. The van der Waals surface area contributed by atoms with Crippen LogP contribution in [0.5, 0.6) is 11.5 Å². The van der Waals surface area contributed by atoms with Crippen LogP contribution in [0.15, 0.2) is 18.2 Å². The van der Waals surface area contributed by atoms with E-state index in [4.69, 9.17) is 9.47 Å². The van der Waals surface area contributed by atoms with Gasteiger partial charge in [0.2, 0.25) is 5.91 Å². The van der Waals surface area contributed by atoms with E-state index >= 15 is 0 Å². The lowest BCUT2D eigenvalue weighted by Crippen LogP contribution is -2.43. The predicted octanol–water partition coefficient (Wildman–Crippen LogP) is 1.36. The summed E-state index contributed by atoms with van der Waals surface area (Å²) in [7, 11) is 0. The Bertz CT molecular complexity index is 656. The molecule has 1 heterocycles. The number of hydrogen-bond acceptors (Lipinski definition) is 4. The summed E-state index contributed by atoms with van der Waals surface area (Å²) >= 11 is 0. The Labute approximate surface area is 147 Å². The average Bonchev–Trinajstić information content (AvgIpc) is 3.29. The standard InChI is InChI=1S/C18H25N3O4/c1-18(2)10-12-4-3-5-14(16(12)25-18)24-9-8-19-15(22)11-20-17(23)21-13-6-7-13/h3-5,13H,6-11H2,1-2H3,(H,19,22)(H2,20,21,23). The number of para-hydroxylation sites is 1. The van der Waals surface area contributed by atoms with Crippen molar-refractivity contribution >= 4 is 11.9 Å². The molecule has 0 spiro atoms. The average molecular weight is 347 g/mol. The zero-order valence-electron chi connectivity index (χ0n) is 14.7. The molecule has 1 aliphatic carbocycles. The number of urea groups is 1. The first kappa shape index (κ1) is 17.4. The number of carbonyl (C=O) groups excluding carboxylic acids is 2. The van der Waals surface area contributed by atoms with E-state index in [2.05, 4.69) is 16.0 Å². The third kappa shape index (κ3) is 5.01. The molecule has 1 fully saturated rings. The van der Waals surface area contributed by atoms with Crippen molar-refractivity contribution in [1.82, 2.24) is 16.0 Å². The Morgan fingerprint density at radius 1 is 1.28 bits per heavy atom. The molecule has 1 aromatic rings. The van der Waals surface area contributed by atoms with Gasteiger partial charge in [-0.1, -0.05) is 12.1 Å². The molecule has 7 nitrogen and oxygen atoms in total. The van der Waals surface area contributed by atoms with Crippen LogP contribution in [-0.4, -0.2) is 43.3 Å². The van der Waals surface area contributed by atoms with Crippen molar-refractivity contribution in [3.8, 4) is 11.5 Å². The minimum Gasteiger partial charge on any atom is -0.488 e. The lowest BCUT2D eigenvalue weighted by Gasteiger charge is -2.18. The van der Waals surface area contributed by atoms with Crippen LogP contribution in [0.4, 0.5) is 4.79 Å². The molecular weight excluding hydrogens is 322 g/mol. The first-order valence-corrected chi connectivity index (χ1v) is 8.68. The van der Waals surface area contributed by atoms with Gasteiger partial charge in [0.05, 0.1) is 13.1 Å². The number of nitrogens with one attached hydrogen (secondary N) is 3. The predicted molar refractivity (Wildman–Crippen MR) is 92.9 cm³/mol. The number of amides is 3. The molecule has 0 unspecified atom stereocenters. The van der Waals surface area contributed by atoms with Crippen molar-refractivity contribution in [3.63, 3.8) is 0 Å². The number of carbonyl (C=O) groups is 2. The fraction of sp³-hybridized carbons (Fsp3) is 0.556. The van der Waals surface area contributed by atoms with E-state index in [0.717, 1.165) is 30.6 Å². The molecular formula is C18H25N3O4.